The zero-order valence-electron chi connectivity index (χ0n) is 14.5. The van der Waals surface area contributed by atoms with Crippen LogP contribution in [0.3, 0.4) is 0 Å². The largest absolute Gasteiger partial charge is 0.337 e. The van der Waals surface area contributed by atoms with Crippen molar-refractivity contribution in [3.05, 3.63) is 82.1 Å². The van der Waals surface area contributed by atoms with Crippen LogP contribution >= 0.6 is 11.6 Å². The monoisotopic (exact) mass is 353 g/mol. The summed E-state index contributed by atoms with van der Waals surface area (Å²) >= 11 is 5.99. The molecule has 0 aliphatic heterocycles. The van der Waals surface area contributed by atoms with Crippen LogP contribution in [0.15, 0.2) is 54.6 Å². The van der Waals surface area contributed by atoms with E-state index in [0.29, 0.717) is 17.1 Å². The van der Waals surface area contributed by atoms with Crippen molar-refractivity contribution in [2.75, 3.05) is 7.05 Å². The van der Waals surface area contributed by atoms with Gasteiger partial charge in [0.25, 0.3) is 5.91 Å². The molecule has 128 valence electrons. The van der Waals surface area contributed by atoms with E-state index >= 15 is 0 Å². The Balaban J connectivity index is 1.86. The highest BCUT2D eigenvalue weighted by molar-refractivity contribution is 6.30. The quantitative estimate of drug-likeness (QED) is 0.696. The number of aryl methyl sites for hydroxylation is 1. The number of para-hydroxylation sites is 1. The van der Waals surface area contributed by atoms with E-state index in [-0.39, 0.29) is 5.91 Å². The predicted molar refractivity (Wildman–Crippen MR) is 100 cm³/mol. The molecular formula is C20H20ClN3O. The number of amides is 1. The number of carbonyl (C=O) groups excluding carboxylic acids is 1. The third kappa shape index (κ3) is 3.59. The van der Waals surface area contributed by atoms with Crippen molar-refractivity contribution in [2.24, 2.45) is 0 Å². The molecule has 1 amide bonds. The Labute approximate surface area is 152 Å². The van der Waals surface area contributed by atoms with Crippen molar-refractivity contribution in [3.63, 3.8) is 0 Å². The van der Waals surface area contributed by atoms with Gasteiger partial charge in [-0.05, 0) is 44.2 Å². The van der Waals surface area contributed by atoms with E-state index in [1.807, 2.05) is 48.9 Å². The van der Waals surface area contributed by atoms with E-state index < -0.39 is 0 Å². The molecule has 1 aromatic heterocycles. The molecule has 0 fully saturated rings. The van der Waals surface area contributed by atoms with Gasteiger partial charge in [-0.15, -0.1) is 0 Å². The summed E-state index contributed by atoms with van der Waals surface area (Å²) in [5, 5.41) is 5.20. The van der Waals surface area contributed by atoms with Crippen LogP contribution in [-0.4, -0.2) is 27.6 Å². The fraction of sp³-hybridized carbons (Fsp3) is 0.200. The minimum absolute atomic E-state index is 0.0613. The second-order valence-electron chi connectivity index (χ2n) is 6.07. The third-order valence-corrected chi connectivity index (χ3v) is 4.49. The molecule has 3 aromatic rings. The molecule has 0 N–H and O–H groups in total. The first-order chi connectivity index (χ1) is 12.0. The van der Waals surface area contributed by atoms with Gasteiger partial charge in [0.15, 0.2) is 0 Å². The van der Waals surface area contributed by atoms with E-state index in [0.717, 1.165) is 22.6 Å². The maximum Gasteiger partial charge on any atom is 0.253 e. The number of rotatable bonds is 4. The maximum absolute atomic E-state index is 12.6. The zero-order chi connectivity index (χ0) is 18.0. The van der Waals surface area contributed by atoms with Gasteiger partial charge in [0.05, 0.1) is 11.4 Å². The molecule has 0 radical (unpaired) electrons. The topological polar surface area (TPSA) is 38.1 Å². The van der Waals surface area contributed by atoms with Gasteiger partial charge in [-0.3, -0.25) is 4.79 Å². The Kier molecular flexibility index (Phi) is 4.91. The Morgan fingerprint density at radius 3 is 2.52 bits per heavy atom. The van der Waals surface area contributed by atoms with Gasteiger partial charge in [-0.25, -0.2) is 4.68 Å². The predicted octanol–water partition coefficient (Wildman–Crippen LogP) is 4.41. The van der Waals surface area contributed by atoms with Gasteiger partial charge in [0.2, 0.25) is 0 Å². The van der Waals surface area contributed by atoms with Crippen molar-refractivity contribution in [1.29, 1.82) is 0 Å². The number of benzene rings is 2. The van der Waals surface area contributed by atoms with Crippen LogP contribution < -0.4 is 0 Å². The van der Waals surface area contributed by atoms with Crippen LogP contribution in [0.4, 0.5) is 0 Å². The Morgan fingerprint density at radius 1 is 1.12 bits per heavy atom. The van der Waals surface area contributed by atoms with Crippen molar-refractivity contribution < 1.29 is 4.79 Å². The van der Waals surface area contributed by atoms with E-state index in [9.17, 15) is 4.79 Å². The van der Waals surface area contributed by atoms with Gasteiger partial charge in [-0.1, -0.05) is 35.9 Å². The number of aromatic nitrogens is 2. The number of hydrogen-bond acceptors (Lipinski definition) is 2. The second kappa shape index (κ2) is 7.11. The molecule has 0 atom stereocenters. The lowest BCUT2D eigenvalue weighted by molar-refractivity contribution is 0.0784. The summed E-state index contributed by atoms with van der Waals surface area (Å²) in [5.74, 6) is -0.0613. The van der Waals surface area contributed by atoms with Crippen molar-refractivity contribution >= 4 is 17.5 Å². The molecule has 0 spiro atoms. The lowest BCUT2D eigenvalue weighted by Gasteiger charge is -2.18. The lowest BCUT2D eigenvalue weighted by atomic mass is 10.1. The minimum Gasteiger partial charge on any atom is -0.337 e. The molecule has 0 aliphatic rings. The second-order valence-corrected chi connectivity index (χ2v) is 6.50. The molecule has 0 saturated carbocycles. The molecule has 4 nitrogen and oxygen atoms in total. The fourth-order valence-electron chi connectivity index (χ4n) is 2.88. The lowest BCUT2D eigenvalue weighted by Crippen LogP contribution is -2.26. The summed E-state index contributed by atoms with van der Waals surface area (Å²) in [6.45, 7) is 4.50. The minimum atomic E-state index is -0.0613. The highest BCUT2D eigenvalue weighted by Gasteiger charge is 2.18. The highest BCUT2D eigenvalue weighted by atomic mass is 35.5. The van der Waals surface area contributed by atoms with Gasteiger partial charge in [0.1, 0.15) is 0 Å². The molecule has 25 heavy (non-hydrogen) atoms. The van der Waals surface area contributed by atoms with Gasteiger partial charge in [0, 0.05) is 35.4 Å². The first-order valence-electron chi connectivity index (χ1n) is 8.09. The van der Waals surface area contributed by atoms with Crippen LogP contribution in [0.2, 0.25) is 5.02 Å². The van der Waals surface area contributed by atoms with Crippen molar-refractivity contribution in [2.45, 2.75) is 20.4 Å². The summed E-state index contributed by atoms with van der Waals surface area (Å²) < 4.78 is 1.92. The first kappa shape index (κ1) is 17.2. The number of carbonyl (C=O) groups is 1. The molecule has 0 saturated heterocycles. The van der Waals surface area contributed by atoms with E-state index in [4.69, 9.17) is 11.6 Å². The number of halogens is 1. The van der Waals surface area contributed by atoms with Gasteiger partial charge >= 0.3 is 0 Å². The third-order valence-electron chi connectivity index (χ3n) is 4.26. The first-order valence-corrected chi connectivity index (χ1v) is 8.46. The highest BCUT2D eigenvalue weighted by Crippen LogP contribution is 2.20. The molecule has 0 bridgehead atoms. The summed E-state index contributed by atoms with van der Waals surface area (Å²) in [6, 6.07) is 17.0. The van der Waals surface area contributed by atoms with Gasteiger partial charge < -0.3 is 4.90 Å². The average Bonchev–Trinajstić information content (AvgIpc) is 2.90. The molecular weight excluding hydrogens is 334 g/mol. The normalized spacial score (nSPS) is 10.7. The van der Waals surface area contributed by atoms with Crippen LogP contribution in [0.5, 0.6) is 0 Å². The SMILES string of the molecule is Cc1nn(-c2ccccc2)c(C)c1CN(C)C(=O)c1cccc(Cl)c1. The smallest absolute Gasteiger partial charge is 0.253 e. The van der Waals surface area contributed by atoms with Crippen LogP contribution in [0, 0.1) is 13.8 Å². The Morgan fingerprint density at radius 2 is 1.84 bits per heavy atom. The van der Waals surface area contributed by atoms with E-state index in [2.05, 4.69) is 5.10 Å². The van der Waals surface area contributed by atoms with Crippen molar-refractivity contribution in [3.8, 4) is 5.69 Å². The fourth-order valence-corrected chi connectivity index (χ4v) is 3.07. The Bertz CT molecular complexity index is 903. The summed E-state index contributed by atoms with van der Waals surface area (Å²) in [6.07, 6.45) is 0. The summed E-state index contributed by atoms with van der Waals surface area (Å²) in [7, 11) is 1.79. The molecule has 3 rings (SSSR count). The van der Waals surface area contributed by atoms with E-state index in [1.165, 1.54) is 0 Å². The number of nitrogens with zero attached hydrogens (tertiary/aromatic N) is 3. The molecule has 0 unspecified atom stereocenters. The molecule has 1 heterocycles. The Hall–Kier alpha value is -2.59. The molecule has 2 aromatic carbocycles. The van der Waals surface area contributed by atoms with Crippen LogP contribution in [-0.2, 0) is 6.54 Å². The van der Waals surface area contributed by atoms with Gasteiger partial charge in [-0.2, -0.15) is 5.10 Å². The standard InChI is InChI=1S/C20H20ClN3O/c1-14-19(15(2)24(22-14)18-10-5-4-6-11-18)13-23(3)20(25)16-8-7-9-17(21)12-16/h4-12H,13H2,1-3H3. The van der Waals surface area contributed by atoms with Crippen molar-refractivity contribution in [1.82, 2.24) is 14.7 Å². The zero-order valence-corrected chi connectivity index (χ0v) is 15.3. The molecule has 5 heteroatoms. The number of hydrogen-bond donors (Lipinski definition) is 0. The van der Waals surface area contributed by atoms with Crippen LogP contribution in [0.1, 0.15) is 27.3 Å². The van der Waals surface area contributed by atoms with E-state index in [1.54, 1.807) is 36.2 Å². The van der Waals surface area contributed by atoms with Crippen LogP contribution in [0.25, 0.3) is 5.69 Å². The molecule has 0 aliphatic carbocycles. The summed E-state index contributed by atoms with van der Waals surface area (Å²) in [4.78, 5) is 14.3. The summed E-state index contributed by atoms with van der Waals surface area (Å²) in [5.41, 5.74) is 4.61. The average molecular weight is 354 g/mol. The maximum atomic E-state index is 12.6.